The summed E-state index contributed by atoms with van der Waals surface area (Å²) in [6, 6.07) is 13.4. The van der Waals surface area contributed by atoms with Crippen LogP contribution in [0.3, 0.4) is 0 Å². The Morgan fingerprint density at radius 3 is 2.24 bits per heavy atom. The number of rotatable bonds is 6. The van der Waals surface area contributed by atoms with Crippen LogP contribution in [0.2, 0.25) is 0 Å². The maximum Gasteiger partial charge on any atom is 0.248 e. The fourth-order valence-electron chi connectivity index (χ4n) is 3.66. The quantitative estimate of drug-likeness (QED) is 0.463. The van der Waals surface area contributed by atoms with Gasteiger partial charge in [0.15, 0.2) is 0 Å². The average Bonchev–Trinajstić information content (AvgIpc) is 2.87. The van der Waals surface area contributed by atoms with E-state index in [9.17, 15) is 4.79 Å². The van der Waals surface area contributed by atoms with Crippen LogP contribution in [-0.2, 0) is 6.42 Å². The summed E-state index contributed by atoms with van der Waals surface area (Å²) in [7, 11) is 0. The summed E-state index contributed by atoms with van der Waals surface area (Å²) >= 11 is 0. The van der Waals surface area contributed by atoms with E-state index in [1.807, 2.05) is 30.6 Å². The van der Waals surface area contributed by atoms with Crippen molar-refractivity contribution in [3.8, 4) is 0 Å². The van der Waals surface area contributed by atoms with Crippen molar-refractivity contribution >= 4 is 23.5 Å². The minimum absolute atomic E-state index is 0.162. The molecule has 3 aromatic heterocycles. The van der Waals surface area contributed by atoms with E-state index in [4.69, 9.17) is 0 Å². The zero-order chi connectivity index (χ0) is 22.5. The molecular formula is C23H23N9O. The van der Waals surface area contributed by atoms with Crippen LogP contribution < -0.4 is 20.7 Å². The minimum Gasteiger partial charge on any atom is -0.337 e. The van der Waals surface area contributed by atoms with Crippen LogP contribution in [0.4, 0.5) is 23.5 Å². The molecule has 1 saturated heterocycles. The Morgan fingerprint density at radius 2 is 1.55 bits per heavy atom. The van der Waals surface area contributed by atoms with Crippen LogP contribution in [0.15, 0.2) is 72.2 Å². The van der Waals surface area contributed by atoms with Gasteiger partial charge in [0.25, 0.3) is 0 Å². The van der Waals surface area contributed by atoms with Crippen molar-refractivity contribution in [3.63, 3.8) is 0 Å². The molecule has 1 aliphatic rings. The summed E-state index contributed by atoms with van der Waals surface area (Å²) in [5.41, 5.74) is 2.87. The molecule has 10 nitrogen and oxygen atoms in total. The van der Waals surface area contributed by atoms with E-state index >= 15 is 0 Å². The number of hydrogen-bond donors (Lipinski definition) is 2. The van der Waals surface area contributed by atoms with Gasteiger partial charge in [-0.05, 0) is 17.2 Å². The largest absolute Gasteiger partial charge is 0.337 e. The number of nitrogens with zero attached hydrogens (tertiary/aromatic N) is 7. The molecule has 0 radical (unpaired) electrons. The summed E-state index contributed by atoms with van der Waals surface area (Å²) in [6.45, 7) is 3.03. The molecule has 0 spiro atoms. The second kappa shape index (κ2) is 9.43. The monoisotopic (exact) mass is 441 g/mol. The lowest BCUT2D eigenvalue weighted by molar-refractivity contribution is 0.626. The summed E-state index contributed by atoms with van der Waals surface area (Å²) in [5, 5.41) is 3.08. The Bertz CT molecular complexity index is 1230. The lowest BCUT2D eigenvalue weighted by atomic mass is 10.1. The van der Waals surface area contributed by atoms with Gasteiger partial charge in [-0.15, -0.1) is 0 Å². The summed E-state index contributed by atoms with van der Waals surface area (Å²) in [6.07, 6.45) is 7.70. The van der Waals surface area contributed by atoms with Gasteiger partial charge < -0.3 is 20.1 Å². The van der Waals surface area contributed by atoms with E-state index in [1.165, 1.54) is 18.0 Å². The van der Waals surface area contributed by atoms with Gasteiger partial charge in [-0.25, -0.2) is 19.9 Å². The molecule has 1 aromatic carbocycles. The molecule has 0 atom stereocenters. The third-order valence-corrected chi connectivity index (χ3v) is 5.39. The van der Waals surface area contributed by atoms with E-state index in [1.54, 1.807) is 12.3 Å². The van der Waals surface area contributed by atoms with Gasteiger partial charge >= 0.3 is 0 Å². The van der Waals surface area contributed by atoms with Crippen molar-refractivity contribution in [2.45, 2.75) is 6.42 Å². The second-order valence-electron chi connectivity index (χ2n) is 7.70. The molecule has 4 aromatic rings. The Balaban J connectivity index is 1.19. The van der Waals surface area contributed by atoms with Gasteiger partial charge in [0.05, 0.1) is 5.69 Å². The number of aromatic nitrogens is 6. The highest BCUT2D eigenvalue weighted by molar-refractivity contribution is 5.52. The van der Waals surface area contributed by atoms with Gasteiger partial charge in [-0.3, -0.25) is 4.79 Å². The fourth-order valence-corrected chi connectivity index (χ4v) is 3.66. The first-order valence-corrected chi connectivity index (χ1v) is 10.7. The number of H-pyrrole nitrogens is 1. The molecule has 0 saturated carbocycles. The highest BCUT2D eigenvalue weighted by Gasteiger charge is 2.21. The van der Waals surface area contributed by atoms with Gasteiger partial charge in [-0.2, -0.15) is 4.98 Å². The number of piperazine rings is 1. The van der Waals surface area contributed by atoms with E-state index < -0.39 is 0 Å². The summed E-state index contributed by atoms with van der Waals surface area (Å²) in [5.74, 6) is 1.77. The number of aromatic amines is 1. The van der Waals surface area contributed by atoms with Crippen molar-refractivity contribution in [1.82, 2.24) is 29.9 Å². The predicted octanol–water partition coefficient (Wildman–Crippen LogP) is 2.01. The van der Waals surface area contributed by atoms with E-state index in [-0.39, 0.29) is 5.56 Å². The number of anilines is 4. The Kier molecular flexibility index (Phi) is 5.87. The highest BCUT2D eigenvalue weighted by atomic mass is 16.1. The van der Waals surface area contributed by atoms with Crippen LogP contribution in [-0.4, -0.2) is 56.1 Å². The number of benzene rings is 1. The van der Waals surface area contributed by atoms with Crippen LogP contribution in [0.25, 0.3) is 0 Å². The second-order valence-corrected chi connectivity index (χ2v) is 7.70. The number of hydrogen-bond acceptors (Lipinski definition) is 9. The zero-order valence-corrected chi connectivity index (χ0v) is 17.9. The molecule has 4 heterocycles. The molecule has 0 unspecified atom stereocenters. The Morgan fingerprint density at radius 1 is 0.818 bits per heavy atom. The van der Waals surface area contributed by atoms with Gasteiger partial charge in [0.2, 0.25) is 23.4 Å². The first kappa shape index (κ1) is 20.6. The predicted molar refractivity (Wildman–Crippen MR) is 126 cm³/mol. The smallest absolute Gasteiger partial charge is 0.248 e. The Labute approximate surface area is 190 Å². The summed E-state index contributed by atoms with van der Waals surface area (Å²) in [4.78, 5) is 40.3. The lowest BCUT2D eigenvalue weighted by Gasteiger charge is -2.34. The molecule has 1 aliphatic heterocycles. The van der Waals surface area contributed by atoms with Gasteiger partial charge in [0.1, 0.15) is 6.33 Å². The normalized spacial score (nSPS) is 13.7. The molecule has 1 fully saturated rings. The van der Waals surface area contributed by atoms with Gasteiger partial charge in [-0.1, -0.05) is 30.3 Å². The molecule has 0 amide bonds. The van der Waals surface area contributed by atoms with E-state index in [0.717, 1.165) is 44.1 Å². The van der Waals surface area contributed by atoms with Crippen LogP contribution in [0.5, 0.6) is 0 Å². The third-order valence-electron chi connectivity index (χ3n) is 5.39. The van der Waals surface area contributed by atoms with Crippen molar-refractivity contribution in [3.05, 3.63) is 88.9 Å². The standard InChI is InChI=1S/C23H23N9O/c33-20-7-6-19(15-24-20)29-21-27-16-28-23(30-21)32-10-8-31(9-11-32)22-25-13-18(14-26-22)12-17-4-2-1-3-5-17/h1-7,13-16H,8-12H2,(H,24,33)(H,27,28,29,30). The van der Waals surface area contributed by atoms with Crippen LogP contribution in [0, 0.1) is 0 Å². The van der Waals surface area contributed by atoms with E-state index in [0.29, 0.717) is 17.6 Å². The van der Waals surface area contributed by atoms with Crippen LogP contribution >= 0.6 is 0 Å². The minimum atomic E-state index is -0.162. The van der Waals surface area contributed by atoms with Gasteiger partial charge in [0, 0.05) is 57.3 Å². The highest BCUT2D eigenvalue weighted by Crippen LogP contribution is 2.17. The zero-order valence-electron chi connectivity index (χ0n) is 17.9. The maximum absolute atomic E-state index is 11.2. The molecule has 33 heavy (non-hydrogen) atoms. The fraction of sp³-hybridized carbons (Fsp3) is 0.217. The number of nitrogens with one attached hydrogen (secondary N) is 2. The molecular weight excluding hydrogens is 418 g/mol. The lowest BCUT2D eigenvalue weighted by Crippen LogP contribution is -2.47. The maximum atomic E-state index is 11.2. The van der Waals surface area contributed by atoms with Crippen molar-refractivity contribution in [1.29, 1.82) is 0 Å². The molecule has 166 valence electrons. The summed E-state index contributed by atoms with van der Waals surface area (Å²) < 4.78 is 0. The SMILES string of the molecule is O=c1ccc(Nc2ncnc(N3CCN(c4ncc(Cc5ccccc5)cn4)CC3)n2)c[nH]1. The Hall–Kier alpha value is -4.34. The first-order valence-electron chi connectivity index (χ1n) is 10.7. The number of pyridine rings is 1. The molecule has 0 aliphatic carbocycles. The van der Waals surface area contributed by atoms with Crippen molar-refractivity contribution in [2.24, 2.45) is 0 Å². The van der Waals surface area contributed by atoms with Crippen molar-refractivity contribution in [2.75, 3.05) is 41.3 Å². The molecule has 0 bridgehead atoms. The molecule has 5 rings (SSSR count). The van der Waals surface area contributed by atoms with E-state index in [2.05, 4.69) is 57.2 Å². The molecule has 10 heteroatoms. The third kappa shape index (κ3) is 5.12. The average molecular weight is 441 g/mol. The first-order chi connectivity index (χ1) is 16.2. The molecule has 2 N–H and O–H groups in total. The van der Waals surface area contributed by atoms with Crippen molar-refractivity contribution < 1.29 is 0 Å². The topological polar surface area (TPSA) is 116 Å². The van der Waals surface area contributed by atoms with Crippen LogP contribution in [0.1, 0.15) is 11.1 Å².